The molecule has 0 saturated carbocycles. The van der Waals surface area contributed by atoms with Gasteiger partial charge in [0.2, 0.25) is 0 Å². The maximum atomic E-state index is 12.3. The predicted molar refractivity (Wildman–Crippen MR) is 45.4 cm³/mol. The van der Waals surface area contributed by atoms with Crippen molar-refractivity contribution in [2.24, 2.45) is 0 Å². The molecular weight excluding hydrogens is 217 g/mol. The SMILES string of the molecule is CC(C(=O)O)c1ccsc1C(F)(F)F. The van der Waals surface area contributed by atoms with Crippen molar-refractivity contribution in [3.8, 4) is 0 Å². The van der Waals surface area contributed by atoms with Crippen molar-refractivity contribution in [2.75, 3.05) is 0 Å². The summed E-state index contributed by atoms with van der Waals surface area (Å²) in [6.45, 7) is 1.24. The second-order valence-corrected chi connectivity index (χ2v) is 3.68. The summed E-state index contributed by atoms with van der Waals surface area (Å²) >= 11 is 0.514. The molecule has 0 aromatic carbocycles. The van der Waals surface area contributed by atoms with E-state index in [1.807, 2.05) is 0 Å². The molecule has 14 heavy (non-hydrogen) atoms. The van der Waals surface area contributed by atoms with Crippen LogP contribution in [-0.2, 0) is 11.0 Å². The summed E-state index contributed by atoms with van der Waals surface area (Å²) in [7, 11) is 0. The Labute approximate surface area is 82.0 Å². The van der Waals surface area contributed by atoms with Crippen LogP contribution in [0.25, 0.3) is 0 Å². The Morgan fingerprint density at radius 3 is 2.57 bits per heavy atom. The maximum Gasteiger partial charge on any atom is 0.425 e. The lowest BCUT2D eigenvalue weighted by Crippen LogP contribution is -2.12. The summed E-state index contributed by atoms with van der Waals surface area (Å²) in [5, 5.41) is 9.83. The minimum atomic E-state index is -4.47. The molecule has 0 aliphatic heterocycles. The molecule has 0 spiro atoms. The lowest BCUT2D eigenvalue weighted by atomic mass is 10.0. The van der Waals surface area contributed by atoms with Gasteiger partial charge in [0.25, 0.3) is 0 Å². The summed E-state index contributed by atoms with van der Waals surface area (Å²) in [6.07, 6.45) is -4.47. The van der Waals surface area contributed by atoms with Gasteiger partial charge in [0.15, 0.2) is 0 Å². The normalized spacial score (nSPS) is 14.0. The van der Waals surface area contributed by atoms with E-state index in [1.54, 1.807) is 0 Å². The van der Waals surface area contributed by atoms with Gasteiger partial charge in [-0.15, -0.1) is 11.3 Å². The molecule has 0 radical (unpaired) electrons. The van der Waals surface area contributed by atoms with Gasteiger partial charge in [-0.2, -0.15) is 13.2 Å². The van der Waals surface area contributed by atoms with Gasteiger partial charge in [0.1, 0.15) is 4.88 Å². The number of carbonyl (C=O) groups is 1. The van der Waals surface area contributed by atoms with Crippen molar-refractivity contribution < 1.29 is 23.1 Å². The fourth-order valence-corrected chi connectivity index (χ4v) is 1.89. The van der Waals surface area contributed by atoms with Gasteiger partial charge in [-0.1, -0.05) is 0 Å². The van der Waals surface area contributed by atoms with Gasteiger partial charge < -0.3 is 5.11 Å². The summed E-state index contributed by atoms with van der Waals surface area (Å²) in [5.41, 5.74) is -0.171. The van der Waals surface area contributed by atoms with Crippen molar-refractivity contribution in [1.82, 2.24) is 0 Å². The highest BCUT2D eigenvalue weighted by molar-refractivity contribution is 7.10. The zero-order valence-corrected chi connectivity index (χ0v) is 7.95. The second-order valence-electron chi connectivity index (χ2n) is 2.76. The van der Waals surface area contributed by atoms with Crippen molar-refractivity contribution in [1.29, 1.82) is 0 Å². The molecule has 2 nitrogen and oxygen atoms in total. The first-order valence-corrected chi connectivity index (χ1v) is 4.59. The molecule has 1 aromatic rings. The fraction of sp³-hybridized carbons (Fsp3) is 0.375. The number of hydrogen-bond acceptors (Lipinski definition) is 2. The predicted octanol–water partition coefficient (Wildman–Crippen LogP) is 2.96. The molecule has 1 rings (SSSR count). The zero-order valence-electron chi connectivity index (χ0n) is 7.13. The topological polar surface area (TPSA) is 37.3 Å². The molecule has 0 aliphatic rings. The average molecular weight is 224 g/mol. The van der Waals surface area contributed by atoms with E-state index in [0.717, 1.165) is 0 Å². The van der Waals surface area contributed by atoms with Crippen LogP contribution in [0, 0.1) is 0 Å². The van der Waals surface area contributed by atoms with E-state index in [-0.39, 0.29) is 5.56 Å². The summed E-state index contributed by atoms with van der Waals surface area (Å²) in [4.78, 5) is 9.69. The molecule has 1 N–H and O–H groups in total. The molecule has 1 aromatic heterocycles. The van der Waals surface area contributed by atoms with Gasteiger partial charge in [-0.25, -0.2) is 0 Å². The van der Waals surface area contributed by atoms with Gasteiger partial charge in [0, 0.05) is 0 Å². The molecule has 0 bridgehead atoms. The lowest BCUT2D eigenvalue weighted by molar-refractivity contribution is -0.139. The Morgan fingerprint density at radius 1 is 1.57 bits per heavy atom. The Bertz CT molecular complexity index is 343. The van der Waals surface area contributed by atoms with Crippen LogP contribution >= 0.6 is 11.3 Å². The van der Waals surface area contributed by atoms with Crippen LogP contribution < -0.4 is 0 Å². The number of hydrogen-bond donors (Lipinski definition) is 1. The van der Waals surface area contributed by atoms with Crippen LogP contribution in [0.15, 0.2) is 11.4 Å². The number of rotatable bonds is 2. The molecule has 1 atom stereocenters. The maximum absolute atomic E-state index is 12.3. The highest BCUT2D eigenvalue weighted by Gasteiger charge is 2.37. The number of thiophene rings is 1. The Hall–Kier alpha value is -1.04. The lowest BCUT2D eigenvalue weighted by Gasteiger charge is -2.10. The van der Waals surface area contributed by atoms with Crippen LogP contribution in [0.4, 0.5) is 13.2 Å². The Kier molecular flexibility index (Phi) is 2.84. The third-order valence-electron chi connectivity index (χ3n) is 1.79. The van der Waals surface area contributed by atoms with Crippen molar-refractivity contribution in [3.63, 3.8) is 0 Å². The minimum Gasteiger partial charge on any atom is -0.481 e. The highest BCUT2D eigenvalue weighted by atomic mass is 32.1. The molecular formula is C8H7F3O2S. The zero-order chi connectivity index (χ0) is 10.9. The van der Waals surface area contributed by atoms with Crippen molar-refractivity contribution >= 4 is 17.3 Å². The Morgan fingerprint density at radius 2 is 2.14 bits per heavy atom. The molecule has 0 fully saturated rings. The second kappa shape index (κ2) is 3.61. The first kappa shape index (κ1) is 11.0. The molecule has 0 saturated heterocycles. The first-order chi connectivity index (χ1) is 6.34. The van der Waals surface area contributed by atoms with E-state index in [9.17, 15) is 18.0 Å². The minimum absolute atomic E-state index is 0.171. The monoisotopic (exact) mass is 224 g/mol. The van der Waals surface area contributed by atoms with E-state index in [0.29, 0.717) is 11.3 Å². The van der Waals surface area contributed by atoms with E-state index < -0.39 is 22.9 Å². The van der Waals surface area contributed by atoms with E-state index in [4.69, 9.17) is 5.11 Å². The third-order valence-corrected chi connectivity index (χ3v) is 2.77. The van der Waals surface area contributed by atoms with Crippen molar-refractivity contribution in [3.05, 3.63) is 21.9 Å². The summed E-state index contributed by atoms with van der Waals surface area (Å²) in [5.74, 6) is -2.38. The Balaban J connectivity index is 3.11. The van der Waals surface area contributed by atoms with E-state index in [1.165, 1.54) is 18.4 Å². The number of halogens is 3. The van der Waals surface area contributed by atoms with E-state index >= 15 is 0 Å². The van der Waals surface area contributed by atoms with Gasteiger partial charge >= 0.3 is 12.1 Å². The molecule has 78 valence electrons. The van der Waals surface area contributed by atoms with Crippen LogP contribution in [0.2, 0.25) is 0 Å². The van der Waals surface area contributed by atoms with Crippen LogP contribution in [0.5, 0.6) is 0 Å². The molecule has 1 heterocycles. The largest absolute Gasteiger partial charge is 0.481 e. The third kappa shape index (κ3) is 2.06. The summed E-state index contributed by atoms with van der Waals surface area (Å²) < 4.78 is 37.0. The number of alkyl halides is 3. The van der Waals surface area contributed by atoms with Crippen LogP contribution in [0.1, 0.15) is 23.3 Å². The number of carboxylic acid groups (broad SMARTS) is 1. The molecule has 1 unspecified atom stereocenters. The number of aliphatic carboxylic acids is 1. The standard InChI is InChI=1S/C8H7F3O2S/c1-4(7(12)13)5-2-3-14-6(5)8(9,10)11/h2-4H,1H3,(H,12,13). The summed E-state index contributed by atoms with van der Waals surface area (Å²) in [6, 6.07) is 1.20. The van der Waals surface area contributed by atoms with Crippen LogP contribution in [-0.4, -0.2) is 11.1 Å². The molecule has 0 amide bonds. The van der Waals surface area contributed by atoms with E-state index in [2.05, 4.69) is 0 Å². The van der Waals surface area contributed by atoms with Crippen molar-refractivity contribution in [2.45, 2.75) is 19.0 Å². The first-order valence-electron chi connectivity index (χ1n) is 3.71. The fourth-order valence-electron chi connectivity index (χ4n) is 1.02. The van der Waals surface area contributed by atoms with Gasteiger partial charge in [-0.05, 0) is 23.9 Å². The smallest absolute Gasteiger partial charge is 0.425 e. The highest BCUT2D eigenvalue weighted by Crippen LogP contribution is 2.38. The van der Waals surface area contributed by atoms with Gasteiger partial charge in [-0.3, -0.25) is 4.79 Å². The van der Waals surface area contributed by atoms with Gasteiger partial charge in [0.05, 0.1) is 5.92 Å². The molecule has 6 heteroatoms. The molecule has 0 aliphatic carbocycles. The van der Waals surface area contributed by atoms with Crippen LogP contribution in [0.3, 0.4) is 0 Å². The average Bonchev–Trinajstić information content (AvgIpc) is 2.48. The number of carboxylic acids is 1. The quantitative estimate of drug-likeness (QED) is 0.838.